The highest BCUT2D eigenvalue weighted by atomic mass is 32.2. The normalized spacial score (nSPS) is 12.4. The second-order valence-corrected chi connectivity index (χ2v) is 4.82. The number of carboxylic acids is 1. The van der Waals surface area contributed by atoms with Gasteiger partial charge < -0.3 is 5.11 Å². The van der Waals surface area contributed by atoms with Crippen LogP contribution < -0.4 is 0 Å². The first-order chi connectivity index (χ1) is 8.67. The molecule has 0 aliphatic heterocycles. The van der Waals surface area contributed by atoms with Crippen LogP contribution in [0.2, 0.25) is 0 Å². The van der Waals surface area contributed by atoms with Gasteiger partial charge in [-0.15, -0.1) is 10.2 Å². The van der Waals surface area contributed by atoms with E-state index in [0.717, 1.165) is 4.57 Å². The number of aliphatic carboxylic acids is 1. The van der Waals surface area contributed by atoms with Crippen LogP contribution in [0.4, 0.5) is 17.6 Å². The number of hydrogen-bond acceptors (Lipinski definition) is 4. The highest BCUT2D eigenvalue weighted by Crippen LogP contribution is 2.36. The molecule has 0 unspecified atom stereocenters. The van der Waals surface area contributed by atoms with Crippen molar-refractivity contribution in [2.75, 3.05) is 5.75 Å². The molecule has 0 bridgehead atoms. The standard InChI is InChI=1S/C9H11F4N3O2S/c1-4(2)16-7(9(12,13)6(10)11)14-15-8(16)19-3-5(17)18/h4,6H,3H2,1-2H3,(H,17,18). The second kappa shape index (κ2) is 5.76. The highest BCUT2D eigenvalue weighted by molar-refractivity contribution is 7.99. The first-order valence-corrected chi connectivity index (χ1v) is 6.12. The lowest BCUT2D eigenvalue weighted by atomic mass is 10.3. The van der Waals surface area contributed by atoms with Crippen LogP contribution in [0.3, 0.4) is 0 Å². The summed E-state index contributed by atoms with van der Waals surface area (Å²) < 4.78 is 52.1. The minimum absolute atomic E-state index is 0.132. The zero-order chi connectivity index (χ0) is 14.8. The second-order valence-electron chi connectivity index (χ2n) is 3.88. The SMILES string of the molecule is CC(C)n1c(SCC(=O)O)nnc1C(F)(F)C(F)F. The number of nitrogens with zero attached hydrogens (tertiary/aromatic N) is 3. The van der Waals surface area contributed by atoms with E-state index < -0.39 is 35.9 Å². The third-order valence-electron chi connectivity index (χ3n) is 2.08. The number of halogens is 4. The Morgan fingerprint density at radius 1 is 1.42 bits per heavy atom. The fraction of sp³-hybridized carbons (Fsp3) is 0.667. The third-order valence-corrected chi connectivity index (χ3v) is 3.01. The Bertz CT molecular complexity index is 464. The summed E-state index contributed by atoms with van der Waals surface area (Å²) in [6.45, 7) is 2.97. The molecule has 0 amide bonds. The minimum Gasteiger partial charge on any atom is -0.481 e. The molecule has 0 aliphatic rings. The van der Waals surface area contributed by atoms with Gasteiger partial charge in [0.15, 0.2) is 5.16 Å². The van der Waals surface area contributed by atoms with Crippen molar-refractivity contribution in [1.29, 1.82) is 0 Å². The van der Waals surface area contributed by atoms with Gasteiger partial charge in [0.25, 0.3) is 0 Å². The topological polar surface area (TPSA) is 68.0 Å². The zero-order valence-electron chi connectivity index (χ0n) is 9.98. The molecule has 0 saturated carbocycles. The number of rotatable bonds is 6. The predicted octanol–water partition coefficient (Wildman–Crippen LogP) is 2.39. The van der Waals surface area contributed by atoms with Gasteiger partial charge in [0.2, 0.25) is 5.82 Å². The Morgan fingerprint density at radius 3 is 2.42 bits per heavy atom. The zero-order valence-corrected chi connectivity index (χ0v) is 10.8. The van der Waals surface area contributed by atoms with Crippen molar-refractivity contribution in [2.24, 2.45) is 0 Å². The van der Waals surface area contributed by atoms with Crippen LogP contribution >= 0.6 is 11.8 Å². The highest BCUT2D eigenvalue weighted by Gasteiger charge is 2.48. The summed E-state index contributed by atoms with van der Waals surface area (Å²) in [6.07, 6.45) is -3.91. The molecule has 1 N–H and O–H groups in total. The Balaban J connectivity index is 3.17. The Hall–Kier alpha value is -1.32. The molecule has 0 saturated heterocycles. The Morgan fingerprint density at radius 2 is 2.00 bits per heavy atom. The van der Waals surface area contributed by atoms with Crippen molar-refractivity contribution in [3.8, 4) is 0 Å². The number of carboxylic acid groups (broad SMARTS) is 1. The molecule has 10 heteroatoms. The van der Waals surface area contributed by atoms with Gasteiger partial charge >= 0.3 is 18.3 Å². The number of alkyl halides is 4. The third kappa shape index (κ3) is 3.37. The Labute approximate surface area is 110 Å². The summed E-state index contributed by atoms with van der Waals surface area (Å²) in [5.74, 6) is -7.19. The molecular formula is C9H11F4N3O2S. The maximum absolute atomic E-state index is 13.3. The maximum Gasteiger partial charge on any atom is 0.365 e. The van der Waals surface area contributed by atoms with Crippen LogP contribution in [0.5, 0.6) is 0 Å². The average molecular weight is 301 g/mol. The molecule has 5 nitrogen and oxygen atoms in total. The van der Waals surface area contributed by atoms with E-state index >= 15 is 0 Å². The number of aromatic nitrogens is 3. The van der Waals surface area contributed by atoms with Gasteiger partial charge in [-0.2, -0.15) is 8.78 Å². The molecule has 0 fully saturated rings. The van der Waals surface area contributed by atoms with Gasteiger partial charge in [-0.05, 0) is 13.8 Å². The molecule has 1 aromatic rings. The van der Waals surface area contributed by atoms with Crippen molar-refractivity contribution < 1.29 is 27.5 Å². The lowest BCUT2D eigenvalue weighted by molar-refractivity contribution is -0.143. The van der Waals surface area contributed by atoms with E-state index in [1.54, 1.807) is 0 Å². The summed E-state index contributed by atoms with van der Waals surface area (Å²) in [5, 5.41) is 14.8. The number of thioether (sulfide) groups is 1. The van der Waals surface area contributed by atoms with Gasteiger partial charge in [0.05, 0.1) is 5.75 Å². The van der Waals surface area contributed by atoms with Gasteiger partial charge in [0, 0.05) is 6.04 Å². The van der Waals surface area contributed by atoms with Crippen molar-refractivity contribution in [2.45, 2.75) is 37.4 Å². The fourth-order valence-corrected chi connectivity index (χ4v) is 2.08. The predicted molar refractivity (Wildman–Crippen MR) is 58.7 cm³/mol. The number of carbonyl (C=O) groups is 1. The van der Waals surface area contributed by atoms with E-state index in [9.17, 15) is 22.4 Å². The first-order valence-electron chi connectivity index (χ1n) is 5.13. The van der Waals surface area contributed by atoms with Gasteiger partial charge in [-0.1, -0.05) is 11.8 Å². The Kier molecular flexibility index (Phi) is 4.77. The first kappa shape index (κ1) is 15.7. The molecule has 19 heavy (non-hydrogen) atoms. The van der Waals surface area contributed by atoms with E-state index in [1.807, 2.05) is 0 Å². The quantitative estimate of drug-likeness (QED) is 0.645. The molecule has 0 aliphatic carbocycles. The number of hydrogen-bond donors (Lipinski definition) is 1. The van der Waals surface area contributed by atoms with E-state index in [4.69, 9.17) is 5.11 Å². The molecule has 1 rings (SSSR count). The summed E-state index contributed by atoms with van der Waals surface area (Å²) >= 11 is 0.644. The molecule has 0 radical (unpaired) electrons. The van der Waals surface area contributed by atoms with E-state index in [2.05, 4.69) is 10.2 Å². The van der Waals surface area contributed by atoms with Crippen LogP contribution in [0, 0.1) is 0 Å². The molecule has 1 aromatic heterocycles. The molecular weight excluding hydrogens is 290 g/mol. The van der Waals surface area contributed by atoms with Gasteiger partial charge in [-0.25, -0.2) is 8.78 Å². The summed E-state index contributed by atoms with van der Waals surface area (Å²) in [5.41, 5.74) is 0. The lowest BCUT2D eigenvalue weighted by Gasteiger charge is -2.19. The molecule has 108 valence electrons. The molecule has 1 heterocycles. The van der Waals surface area contributed by atoms with Gasteiger partial charge in [-0.3, -0.25) is 9.36 Å². The maximum atomic E-state index is 13.3. The van der Waals surface area contributed by atoms with E-state index in [0.29, 0.717) is 11.8 Å². The van der Waals surface area contributed by atoms with Crippen molar-refractivity contribution in [1.82, 2.24) is 14.8 Å². The fourth-order valence-electron chi connectivity index (χ4n) is 1.29. The summed E-state index contributed by atoms with van der Waals surface area (Å²) in [4.78, 5) is 10.4. The smallest absolute Gasteiger partial charge is 0.365 e. The van der Waals surface area contributed by atoms with E-state index in [1.165, 1.54) is 13.8 Å². The van der Waals surface area contributed by atoms with Crippen molar-refractivity contribution >= 4 is 17.7 Å². The van der Waals surface area contributed by atoms with Crippen LogP contribution in [-0.4, -0.2) is 38.0 Å². The van der Waals surface area contributed by atoms with Crippen molar-refractivity contribution in [3.63, 3.8) is 0 Å². The monoisotopic (exact) mass is 301 g/mol. The molecule has 0 atom stereocenters. The van der Waals surface area contributed by atoms with Crippen LogP contribution in [0.25, 0.3) is 0 Å². The molecule has 0 aromatic carbocycles. The van der Waals surface area contributed by atoms with Crippen LogP contribution in [0.15, 0.2) is 5.16 Å². The lowest BCUT2D eigenvalue weighted by Crippen LogP contribution is -2.29. The summed E-state index contributed by atoms with van der Waals surface area (Å²) in [6, 6.07) is -0.606. The molecule has 0 spiro atoms. The largest absolute Gasteiger partial charge is 0.481 e. The van der Waals surface area contributed by atoms with Crippen LogP contribution in [-0.2, 0) is 10.7 Å². The van der Waals surface area contributed by atoms with Crippen LogP contribution in [0.1, 0.15) is 25.7 Å². The summed E-state index contributed by atoms with van der Waals surface area (Å²) in [7, 11) is 0. The van der Waals surface area contributed by atoms with Crippen molar-refractivity contribution in [3.05, 3.63) is 5.82 Å². The van der Waals surface area contributed by atoms with Gasteiger partial charge in [0.1, 0.15) is 0 Å². The minimum atomic E-state index is -4.43. The van der Waals surface area contributed by atoms with E-state index in [-0.39, 0.29) is 5.16 Å². The average Bonchev–Trinajstić information content (AvgIpc) is 2.70.